The van der Waals surface area contributed by atoms with Crippen LogP contribution in [0.4, 0.5) is 5.69 Å². The lowest BCUT2D eigenvalue weighted by molar-refractivity contribution is -0.120. The number of benzene rings is 1. The second kappa shape index (κ2) is 6.17. The highest BCUT2D eigenvalue weighted by molar-refractivity contribution is 5.94. The van der Waals surface area contributed by atoms with E-state index in [2.05, 4.69) is 4.90 Å². The normalized spacial score (nSPS) is 24.2. The molecule has 19 heavy (non-hydrogen) atoms. The smallest absolute Gasteiger partial charge is 0.240 e. The molecule has 1 saturated heterocycles. The topological polar surface area (TPSA) is 43.8 Å². The van der Waals surface area contributed by atoms with Crippen molar-refractivity contribution in [2.45, 2.75) is 19.4 Å². The highest BCUT2D eigenvalue weighted by atomic mass is 16.3. The zero-order chi connectivity index (χ0) is 13.8. The molecule has 0 radical (unpaired) electrons. The van der Waals surface area contributed by atoms with E-state index in [4.69, 9.17) is 0 Å². The minimum Gasteiger partial charge on any atom is -0.393 e. The maximum Gasteiger partial charge on any atom is 0.240 e. The second-order valence-corrected chi connectivity index (χ2v) is 5.36. The Kier molecular flexibility index (Phi) is 4.56. The molecule has 1 heterocycles. The number of rotatable bonds is 3. The minimum absolute atomic E-state index is 0.0924. The molecule has 0 saturated carbocycles. The van der Waals surface area contributed by atoms with Gasteiger partial charge in [-0.3, -0.25) is 9.69 Å². The van der Waals surface area contributed by atoms with Crippen LogP contribution in [-0.4, -0.2) is 48.7 Å². The number of nitrogens with zero attached hydrogens (tertiary/aromatic N) is 2. The number of amides is 1. The van der Waals surface area contributed by atoms with E-state index in [1.807, 2.05) is 37.3 Å². The molecule has 4 heteroatoms. The maximum atomic E-state index is 12.2. The first kappa shape index (κ1) is 14.0. The summed E-state index contributed by atoms with van der Waals surface area (Å²) in [6, 6.07) is 9.66. The number of anilines is 1. The summed E-state index contributed by atoms with van der Waals surface area (Å²) in [5, 5.41) is 9.69. The first-order chi connectivity index (χ1) is 9.08. The number of likely N-dealkylation sites (tertiary alicyclic amines) is 1. The third kappa shape index (κ3) is 3.55. The molecule has 1 aromatic carbocycles. The van der Waals surface area contributed by atoms with Gasteiger partial charge in [-0.05, 0) is 24.5 Å². The summed E-state index contributed by atoms with van der Waals surface area (Å²) in [6.45, 7) is 4.03. The van der Waals surface area contributed by atoms with Gasteiger partial charge in [-0.25, -0.2) is 0 Å². The van der Waals surface area contributed by atoms with Crippen LogP contribution in [-0.2, 0) is 4.79 Å². The summed E-state index contributed by atoms with van der Waals surface area (Å²) >= 11 is 0. The van der Waals surface area contributed by atoms with Crippen LogP contribution in [0.25, 0.3) is 0 Å². The van der Waals surface area contributed by atoms with Crippen LogP contribution >= 0.6 is 0 Å². The van der Waals surface area contributed by atoms with Crippen molar-refractivity contribution in [3.05, 3.63) is 30.3 Å². The predicted octanol–water partition coefficient (Wildman–Crippen LogP) is 1.35. The van der Waals surface area contributed by atoms with Crippen molar-refractivity contribution in [2.75, 3.05) is 31.6 Å². The van der Waals surface area contributed by atoms with Gasteiger partial charge >= 0.3 is 0 Å². The summed E-state index contributed by atoms with van der Waals surface area (Å²) in [6.07, 6.45) is 0.530. The molecule has 0 spiro atoms. The van der Waals surface area contributed by atoms with E-state index in [1.165, 1.54) is 0 Å². The standard InChI is InChI=1S/C15H22N2O2/c1-12-10-17(9-8-14(12)18)11-15(19)16(2)13-6-4-3-5-7-13/h3-7,12,14,18H,8-11H2,1-2H3. The summed E-state index contributed by atoms with van der Waals surface area (Å²) in [5.41, 5.74) is 0.914. The summed E-state index contributed by atoms with van der Waals surface area (Å²) in [4.78, 5) is 16.0. The number of likely N-dealkylation sites (N-methyl/N-ethyl adjacent to an activating group) is 1. The van der Waals surface area contributed by atoms with E-state index in [1.54, 1.807) is 11.9 Å². The SMILES string of the molecule is CC1CN(CC(=O)N(C)c2ccccc2)CCC1O. The van der Waals surface area contributed by atoms with Gasteiger partial charge < -0.3 is 10.0 Å². The summed E-state index contributed by atoms with van der Waals surface area (Å²) < 4.78 is 0. The van der Waals surface area contributed by atoms with Crippen LogP contribution in [0.5, 0.6) is 0 Å². The van der Waals surface area contributed by atoms with Gasteiger partial charge in [0.1, 0.15) is 0 Å². The monoisotopic (exact) mass is 262 g/mol. The first-order valence-corrected chi connectivity index (χ1v) is 6.80. The predicted molar refractivity (Wildman–Crippen MR) is 76.1 cm³/mol. The van der Waals surface area contributed by atoms with Crippen LogP contribution in [0.15, 0.2) is 30.3 Å². The highest BCUT2D eigenvalue weighted by Crippen LogP contribution is 2.17. The number of hydrogen-bond acceptors (Lipinski definition) is 3. The van der Waals surface area contributed by atoms with Crippen LogP contribution in [0.1, 0.15) is 13.3 Å². The molecule has 1 N–H and O–H groups in total. The third-order valence-corrected chi connectivity index (χ3v) is 3.82. The van der Waals surface area contributed by atoms with Gasteiger partial charge in [-0.1, -0.05) is 25.1 Å². The molecule has 0 aliphatic carbocycles. The van der Waals surface area contributed by atoms with Gasteiger partial charge in [0.25, 0.3) is 0 Å². The molecule has 1 aliphatic rings. The van der Waals surface area contributed by atoms with E-state index >= 15 is 0 Å². The lowest BCUT2D eigenvalue weighted by Gasteiger charge is -2.34. The Morgan fingerprint density at radius 2 is 2.11 bits per heavy atom. The Hall–Kier alpha value is -1.39. The van der Waals surface area contributed by atoms with E-state index in [0.29, 0.717) is 6.54 Å². The summed E-state index contributed by atoms with van der Waals surface area (Å²) in [5.74, 6) is 0.332. The molecule has 4 nitrogen and oxygen atoms in total. The Balaban J connectivity index is 1.91. The largest absolute Gasteiger partial charge is 0.393 e. The zero-order valence-electron chi connectivity index (χ0n) is 11.6. The molecular formula is C15H22N2O2. The van der Waals surface area contributed by atoms with Crippen LogP contribution < -0.4 is 4.90 Å². The second-order valence-electron chi connectivity index (χ2n) is 5.36. The number of aliphatic hydroxyl groups is 1. The van der Waals surface area contributed by atoms with Crippen LogP contribution in [0.3, 0.4) is 0 Å². The average molecular weight is 262 g/mol. The molecule has 104 valence electrons. The lowest BCUT2D eigenvalue weighted by atomic mass is 9.97. The molecule has 0 aromatic heterocycles. The Labute approximate surface area is 114 Å². The van der Waals surface area contributed by atoms with Crippen molar-refractivity contribution in [1.29, 1.82) is 0 Å². The molecule has 1 aliphatic heterocycles. The van der Waals surface area contributed by atoms with Gasteiger partial charge in [0.05, 0.1) is 12.6 Å². The van der Waals surface area contributed by atoms with Gasteiger partial charge in [0.15, 0.2) is 0 Å². The first-order valence-electron chi connectivity index (χ1n) is 6.80. The van der Waals surface area contributed by atoms with Gasteiger partial charge in [-0.15, -0.1) is 0 Å². The van der Waals surface area contributed by atoms with Crippen molar-refractivity contribution in [2.24, 2.45) is 5.92 Å². The van der Waals surface area contributed by atoms with Gasteiger partial charge in [-0.2, -0.15) is 0 Å². The molecule has 1 aromatic rings. The third-order valence-electron chi connectivity index (χ3n) is 3.82. The van der Waals surface area contributed by atoms with Crippen molar-refractivity contribution >= 4 is 11.6 Å². The Bertz CT molecular complexity index is 421. The molecule has 0 bridgehead atoms. The minimum atomic E-state index is -0.224. The molecule has 1 fully saturated rings. The fraction of sp³-hybridized carbons (Fsp3) is 0.533. The number of piperidine rings is 1. The van der Waals surface area contributed by atoms with Crippen molar-refractivity contribution < 1.29 is 9.90 Å². The quantitative estimate of drug-likeness (QED) is 0.894. The number of carbonyl (C=O) groups excluding carboxylic acids is 1. The molecule has 2 unspecified atom stereocenters. The number of hydrogen-bond donors (Lipinski definition) is 1. The fourth-order valence-electron chi connectivity index (χ4n) is 2.46. The molecule has 2 atom stereocenters. The average Bonchev–Trinajstić information content (AvgIpc) is 2.43. The maximum absolute atomic E-state index is 12.2. The van der Waals surface area contributed by atoms with Crippen LogP contribution in [0, 0.1) is 5.92 Å². The summed E-state index contributed by atoms with van der Waals surface area (Å²) in [7, 11) is 1.81. The molecule has 2 rings (SSSR count). The molecular weight excluding hydrogens is 240 g/mol. The zero-order valence-corrected chi connectivity index (χ0v) is 11.6. The van der Waals surface area contributed by atoms with Crippen molar-refractivity contribution in [3.63, 3.8) is 0 Å². The molecule has 1 amide bonds. The number of para-hydroxylation sites is 1. The Morgan fingerprint density at radius 1 is 1.42 bits per heavy atom. The number of carbonyl (C=O) groups is 1. The van der Waals surface area contributed by atoms with Gasteiger partial charge in [0.2, 0.25) is 5.91 Å². The Morgan fingerprint density at radius 3 is 2.74 bits per heavy atom. The van der Waals surface area contributed by atoms with E-state index < -0.39 is 0 Å². The number of aliphatic hydroxyl groups excluding tert-OH is 1. The van der Waals surface area contributed by atoms with Crippen molar-refractivity contribution in [1.82, 2.24) is 4.90 Å². The highest BCUT2D eigenvalue weighted by Gasteiger charge is 2.26. The van der Waals surface area contributed by atoms with Crippen molar-refractivity contribution in [3.8, 4) is 0 Å². The van der Waals surface area contributed by atoms with Crippen LogP contribution in [0.2, 0.25) is 0 Å². The van der Waals surface area contributed by atoms with E-state index in [0.717, 1.165) is 25.2 Å². The lowest BCUT2D eigenvalue weighted by Crippen LogP contribution is -2.46. The van der Waals surface area contributed by atoms with E-state index in [-0.39, 0.29) is 17.9 Å². The van der Waals surface area contributed by atoms with Gasteiger partial charge in [0, 0.05) is 25.8 Å². The van der Waals surface area contributed by atoms with E-state index in [9.17, 15) is 9.90 Å². The fourth-order valence-corrected chi connectivity index (χ4v) is 2.46.